The SMILES string of the molecule is COc1cccc(NC(=O)CSc2nnc(N/N=C(\C)c3ccncc3)n2N)c1. The molecule has 3 rings (SSSR count). The highest BCUT2D eigenvalue weighted by Gasteiger charge is 2.12. The number of anilines is 2. The van der Waals surface area contributed by atoms with Gasteiger partial charge in [0.2, 0.25) is 11.1 Å². The van der Waals surface area contributed by atoms with Crippen molar-refractivity contribution >= 4 is 35.0 Å². The normalized spacial score (nSPS) is 11.2. The third-order valence-electron chi connectivity index (χ3n) is 3.77. The number of nitrogens with zero attached hydrogens (tertiary/aromatic N) is 5. The minimum absolute atomic E-state index is 0.117. The second-order valence-electron chi connectivity index (χ2n) is 5.79. The quantitative estimate of drug-likeness (QED) is 0.221. The lowest BCUT2D eigenvalue weighted by Crippen LogP contribution is -2.17. The van der Waals surface area contributed by atoms with Crippen molar-refractivity contribution in [1.29, 1.82) is 0 Å². The number of nitrogens with two attached hydrogens (primary N) is 1. The third kappa shape index (κ3) is 5.45. The van der Waals surface area contributed by atoms with Crippen LogP contribution in [0.4, 0.5) is 11.6 Å². The molecule has 0 saturated heterocycles. The van der Waals surface area contributed by atoms with E-state index < -0.39 is 0 Å². The Morgan fingerprint density at radius 3 is 2.83 bits per heavy atom. The molecule has 1 amide bonds. The largest absolute Gasteiger partial charge is 0.497 e. The molecule has 0 aliphatic carbocycles. The molecule has 4 N–H and O–H groups in total. The average Bonchev–Trinajstić information content (AvgIpc) is 3.10. The van der Waals surface area contributed by atoms with Gasteiger partial charge in [-0.25, -0.2) is 10.1 Å². The fourth-order valence-electron chi connectivity index (χ4n) is 2.27. The second kappa shape index (κ2) is 9.55. The Bertz CT molecular complexity index is 1010. The van der Waals surface area contributed by atoms with Gasteiger partial charge in [-0.2, -0.15) is 5.10 Å². The Labute approximate surface area is 171 Å². The lowest BCUT2D eigenvalue weighted by Gasteiger charge is -2.07. The molecule has 0 unspecified atom stereocenters. The van der Waals surface area contributed by atoms with Gasteiger partial charge < -0.3 is 15.9 Å². The zero-order valence-corrected chi connectivity index (χ0v) is 16.7. The maximum Gasteiger partial charge on any atom is 0.264 e. The van der Waals surface area contributed by atoms with Crippen LogP contribution in [-0.2, 0) is 4.79 Å². The number of methoxy groups -OCH3 is 1. The molecule has 29 heavy (non-hydrogen) atoms. The third-order valence-corrected chi connectivity index (χ3v) is 4.72. The predicted molar refractivity (Wildman–Crippen MR) is 113 cm³/mol. The van der Waals surface area contributed by atoms with Crippen LogP contribution in [0.1, 0.15) is 12.5 Å². The van der Waals surface area contributed by atoms with Gasteiger partial charge in [0.15, 0.2) is 0 Å². The monoisotopic (exact) mass is 412 g/mol. The molecule has 3 aromatic rings. The number of hydrogen-bond acceptors (Lipinski definition) is 9. The van der Waals surface area contributed by atoms with Crippen molar-refractivity contribution in [3.8, 4) is 5.75 Å². The highest BCUT2D eigenvalue weighted by Crippen LogP contribution is 2.19. The molecule has 2 aromatic heterocycles. The molecule has 0 spiro atoms. The molecule has 2 heterocycles. The van der Waals surface area contributed by atoms with Crippen molar-refractivity contribution in [2.75, 3.05) is 29.4 Å². The number of thioether (sulfide) groups is 1. The van der Waals surface area contributed by atoms with Gasteiger partial charge in [0.1, 0.15) is 5.75 Å². The number of rotatable bonds is 8. The van der Waals surface area contributed by atoms with Gasteiger partial charge in [0.25, 0.3) is 5.95 Å². The molecule has 150 valence electrons. The lowest BCUT2D eigenvalue weighted by atomic mass is 10.2. The van der Waals surface area contributed by atoms with Crippen LogP contribution in [0, 0.1) is 0 Å². The second-order valence-corrected chi connectivity index (χ2v) is 6.73. The van der Waals surface area contributed by atoms with Crippen molar-refractivity contribution in [1.82, 2.24) is 19.9 Å². The minimum atomic E-state index is -0.202. The number of pyridine rings is 1. The van der Waals surface area contributed by atoms with E-state index in [4.69, 9.17) is 10.6 Å². The van der Waals surface area contributed by atoms with Crippen LogP contribution in [0.2, 0.25) is 0 Å². The van der Waals surface area contributed by atoms with E-state index in [0.29, 0.717) is 16.6 Å². The Morgan fingerprint density at radius 1 is 1.28 bits per heavy atom. The zero-order valence-electron chi connectivity index (χ0n) is 15.9. The standard InChI is InChI=1S/C18H20N8O2S/c1-12(13-6-8-20-9-7-13)22-23-17-24-25-18(26(17)19)29-11-16(27)21-14-4-3-5-15(10-14)28-2/h3-10H,11,19H2,1-2H3,(H,21,27)(H,23,24)/b22-12+. The van der Waals surface area contributed by atoms with E-state index in [0.717, 1.165) is 23.0 Å². The summed E-state index contributed by atoms with van der Waals surface area (Å²) in [4.78, 5) is 16.1. The summed E-state index contributed by atoms with van der Waals surface area (Å²) < 4.78 is 6.38. The first kappa shape index (κ1) is 20.1. The Balaban J connectivity index is 1.56. The fraction of sp³-hybridized carbons (Fsp3) is 0.167. The van der Waals surface area contributed by atoms with E-state index in [-0.39, 0.29) is 17.6 Å². The summed E-state index contributed by atoms with van der Waals surface area (Å²) in [6.45, 7) is 1.85. The van der Waals surface area contributed by atoms with Crippen LogP contribution in [-0.4, -0.2) is 44.3 Å². The summed E-state index contributed by atoms with van der Waals surface area (Å²) in [5, 5.41) is 15.3. The van der Waals surface area contributed by atoms with Crippen molar-refractivity contribution in [2.45, 2.75) is 12.1 Å². The first-order valence-corrected chi connectivity index (χ1v) is 9.53. The molecular formula is C18H20N8O2S. The van der Waals surface area contributed by atoms with Crippen LogP contribution in [0.15, 0.2) is 59.0 Å². The number of aromatic nitrogens is 4. The lowest BCUT2D eigenvalue weighted by molar-refractivity contribution is -0.113. The molecule has 0 radical (unpaired) electrons. The van der Waals surface area contributed by atoms with Crippen LogP contribution in [0.3, 0.4) is 0 Å². The number of amides is 1. The van der Waals surface area contributed by atoms with Crippen molar-refractivity contribution in [2.24, 2.45) is 5.10 Å². The molecule has 1 aromatic carbocycles. The number of benzene rings is 1. The summed E-state index contributed by atoms with van der Waals surface area (Å²) in [6.07, 6.45) is 3.37. The molecule has 0 aliphatic rings. The number of carbonyl (C=O) groups is 1. The summed E-state index contributed by atoms with van der Waals surface area (Å²) in [6, 6.07) is 10.8. The maximum atomic E-state index is 12.2. The number of hydrazone groups is 1. The number of hydrogen-bond donors (Lipinski definition) is 3. The first-order chi connectivity index (χ1) is 14.1. The maximum absolute atomic E-state index is 12.2. The van der Waals surface area contributed by atoms with E-state index in [1.165, 1.54) is 4.68 Å². The summed E-state index contributed by atoms with van der Waals surface area (Å²) in [7, 11) is 1.57. The van der Waals surface area contributed by atoms with E-state index in [2.05, 4.69) is 31.0 Å². The molecule has 0 aliphatic heterocycles. The molecule has 11 heteroatoms. The average molecular weight is 412 g/mol. The molecule has 0 bridgehead atoms. The molecule has 0 atom stereocenters. The summed E-state index contributed by atoms with van der Waals surface area (Å²) in [5.74, 6) is 6.82. The van der Waals surface area contributed by atoms with Crippen molar-refractivity contribution in [3.63, 3.8) is 0 Å². The van der Waals surface area contributed by atoms with Crippen LogP contribution in [0.5, 0.6) is 5.75 Å². The smallest absolute Gasteiger partial charge is 0.264 e. The van der Waals surface area contributed by atoms with Gasteiger partial charge in [-0.1, -0.05) is 17.8 Å². The van der Waals surface area contributed by atoms with Gasteiger partial charge >= 0.3 is 0 Å². The predicted octanol–water partition coefficient (Wildman–Crippen LogP) is 1.96. The molecule has 0 saturated carbocycles. The van der Waals surface area contributed by atoms with Crippen molar-refractivity contribution < 1.29 is 9.53 Å². The van der Waals surface area contributed by atoms with Gasteiger partial charge in [-0.05, 0) is 31.2 Å². The van der Waals surface area contributed by atoms with Crippen LogP contribution >= 0.6 is 11.8 Å². The first-order valence-electron chi connectivity index (χ1n) is 8.54. The Hall–Kier alpha value is -3.60. The molecule has 0 fully saturated rings. The van der Waals surface area contributed by atoms with Crippen LogP contribution in [0.25, 0.3) is 0 Å². The molecular weight excluding hydrogens is 392 g/mol. The fourth-order valence-corrected chi connectivity index (χ4v) is 2.93. The zero-order chi connectivity index (χ0) is 20.6. The van der Waals surface area contributed by atoms with Gasteiger partial charge in [-0.3, -0.25) is 9.78 Å². The minimum Gasteiger partial charge on any atom is -0.497 e. The number of nitrogens with one attached hydrogen (secondary N) is 2. The van der Waals surface area contributed by atoms with E-state index in [1.807, 2.05) is 19.1 Å². The van der Waals surface area contributed by atoms with Crippen molar-refractivity contribution in [3.05, 3.63) is 54.4 Å². The highest BCUT2D eigenvalue weighted by molar-refractivity contribution is 7.99. The summed E-state index contributed by atoms with van der Waals surface area (Å²) >= 11 is 1.16. The Kier molecular flexibility index (Phi) is 6.63. The number of nitrogen functional groups attached to an aromatic ring is 1. The topological polar surface area (TPSA) is 132 Å². The van der Waals surface area contributed by atoms with E-state index >= 15 is 0 Å². The van der Waals surface area contributed by atoms with E-state index in [9.17, 15) is 4.79 Å². The Morgan fingerprint density at radius 2 is 2.07 bits per heavy atom. The highest BCUT2D eigenvalue weighted by atomic mass is 32.2. The summed E-state index contributed by atoms with van der Waals surface area (Å²) in [5.41, 5.74) is 5.08. The molecule has 10 nitrogen and oxygen atoms in total. The van der Waals surface area contributed by atoms with Crippen LogP contribution < -0.4 is 21.3 Å². The van der Waals surface area contributed by atoms with Gasteiger partial charge in [0, 0.05) is 29.7 Å². The van der Waals surface area contributed by atoms with Gasteiger partial charge in [-0.15, -0.1) is 10.2 Å². The number of carbonyl (C=O) groups excluding carboxylic acids is 1. The van der Waals surface area contributed by atoms with E-state index in [1.54, 1.807) is 43.8 Å². The number of ether oxygens (including phenoxy) is 1. The van der Waals surface area contributed by atoms with Gasteiger partial charge in [0.05, 0.1) is 18.6 Å².